The molecule has 1 saturated heterocycles. The molecule has 158 valence electrons. The van der Waals surface area contributed by atoms with Crippen molar-refractivity contribution in [3.8, 4) is 0 Å². The Bertz CT molecular complexity index is 469. The van der Waals surface area contributed by atoms with Gasteiger partial charge in [0.15, 0.2) is 5.79 Å². The first-order valence-electron chi connectivity index (χ1n) is 11.1. The molecule has 1 aliphatic carbocycles. The van der Waals surface area contributed by atoms with E-state index in [4.69, 9.17) is 9.47 Å². The zero-order valence-electron chi connectivity index (χ0n) is 19.1. The van der Waals surface area contributed by atoms with Crippen LogP contribution in [0.3, 0.4) is 0 Å². The molecule has 0 radical (unpaired) electrons. The van der Waals surface area contributed by atoms with E-state index < -0.39 is 0 Å². The van der Waals surface area contributed by atoms with E-state index in [9.17, 15) is 0 Å². The predicted octanol–water partition coefficient (Wildman–Crippen LogP) is 6.04. The highest BCUT2D eigenvalue weighted by Crippen LogP contribution is 2.49. The van der Waals surface area contributed by atoms with E-state index in [1.807, 2.05) is 6.08 Å². The van der Waals surface area contributed by atoms with Gasteiger partial charge in [-0.3, -0.25) is 4.90 Å². The summed E-state index contributed by atoms with van der Waals surface area (Å²) in [6, 6.07) is 0.541. The van der Waals surface area contributed by atoms with Crippen LogP contribution in [0.25, 0.3) is 0 Å². The van der Waals surface area contributed by atoms with Crippen LogP contribution >= 0.6 is 0 Å². The smallest absolute Gasteiger partial charge is 0.168 e. The molecule has 1 saturated carbocycles. The van der Waals surface area contributed by atoms with Crippen molar-refractivity contribution in [2.24, 2.45) is 16.7 Å². The van der Waals surface area contributed by atoms with E-state index in [-0.39, 0.29) is 11.9 Å². The Hall–Kier alpha value is -0.380. The summed E-state index contributed by atoms with van der Waals surface area (Å²) in [5.41, 5.74) is 0.776. The maximum Gasteiger partial charge on any atom is 0.168 e. The molecule has 2 aliphatic rings. The quantitative estimate of drug-likeness (QED) is 0.480. The minimum atomic E-state index is -0.292. The van der Waals surface area contributed by atoms with E-state index in [0.29, 0.717) is 16.9 Å². The van der Waals surface area contributed by atoms with Crippen LogP contribution in [0.15, 0.2) is 12.7 Å². The highest BCUT2D eigenvalue weighted by atomic mass is 16.7. The lowest BCUT2D eigenvalue weighted by molar-refractivity contribution is -0.198. The Kier molecular flexibility index (Phi) is 7.61. The second-order valence-electron chi connectivity index (χ2n) is 11.1. The number of hydrogen-bond acceptors (Lipinski definition) is 3. The van der Waals surface area contributed by atoms with E-state index in [1.54, 1.807) is 0 Å². The fourth-order valence-electron chi connectivity index (χ4n) is 5.41. The lowest BCUT2D eigenvalue weighted by atomic mass is 9.64. The fourth-order valence-corrected chi connectivity index (χ4v) is 5.41. The van der Waals surface area contributed by atoms with Crippen molar-refractivity contribution in [3.05, 3.63) is 12.7 Å². The normalized spacial score (nSPS) is 29.8. The topological polar surface area (TPSA) is 21.7 Å². The molecule has 3 heteroatoms. The predicted molar refractivity (Wildman–Crippen MR) is 115 cm³/mol. The summed E-state index contributed by atoms with van der Waals surface area (Å²) in [7, 11) is 0. The van der Waals surface area contributed by atoms with Crippen molar-refractivity contribution in [2.45, 2.75) is 105 Å². The largest absolute Gasteiger partial charge is 0.347 e. The molecule has 1 atom stereocenters. The average Bonchev–Trinajstić information content (AvgIpc) is 2.92. The van der Waals surface area contributed by atoms with Gasteiger partial charge < -0.3 is 9.47 Å². The molecule has 1 aliphatic heterocycles. The monoisotopic (exact) mass is 379 g/mol. The second kappa shape index (κ2) is 8.97. The average molecular weight is 380 g/mol. The summed E-state index contributed by atoms with van der Waals surface area (Å²) >= 11 is 0. The second-order valence-corrected chi connectivity index (χ2v) is 11.1. The van der Waals surface area contributed by atoms with Crippen LogP contribution in [-0.4, -0.2) is 42.5 Å². The molecule has 2 fully saturated rings. The Balaban J connectivity index is 1.82. The molecule has 1 heterocycles. The molecule has 27 heavy (non-hydrogen) atoms. The zero-order valence-corrected chi connectivity index (χ0v) is 19.1. The van der Waals surface area contributed by atoms with Gasteiger partial charge in [-0.1, -0.05) is 40.7 Å². The van der Waals surface area contributed by atoms with Gasteiger partial charge in [-0.2, -0.15) is 0 Å². The third-order valence-electron chi connectivity index (χ3n) is 6.58. The fraction of sp³-hybridized carbons (Fsp3) is 0.917. The summed E-state index contributed by atoms with van der Waals surface area (Å²) in [5, 5.41) is 0. The molecule has 0 aromatic rings. The molecular formula is C24H45NO2. The van der Waals surface area contributed by atoms with Crippen LogP contribution < -0.4 is 0 Å². The number of hydrogen-bond donors (Lipinski definition) is 0. The molecule has 0 amide bonds. The van der Waals surface area contributed by atoms with Crippen molar-refractivity contribution < 1.29 is 9.47 Å². The first kappa shape index (κ1) is 22.9. The molecular weight excluding hydrogens is 334 g/mol. The highest BCUT2D eigenvalue weighted by molar-refractivity contribution is 4.91. The summed E-state index contributed by atoms with van der Waals surface area (Å²) < 4.78 is 12.7. The first-order chi connectivity index (χ1) is 12.5. The molecule has 0 aromatic carbocycles. The third kappa shape index (κ3) is 6.58. The van der Waals surface area contributed by atoms with Gasteiger partial charge in [0.2, 0.25) is 0 Å². The third-order valence-corrected chi connectivity index (χ3v) is 6.58. The van der Waals surface area contributed by atoms with Gasteiger partial charge in [0.25, 0.3) is 0 Å². The van der Waals surface area contributed by atoms with Gasteiger partial charge >= 0.3 is 0 Å². The van der Waals surface area contributed by atoms with Gasteiger partial charge in [-0.05, 0) is 56.3 Å². The van der Waals surface area contributed by atoms with Gasteiger partial charge in [0, 0.05) is 32.0 Å². The lowest BCUT2D eigenvalue weighted by Crippen LogP contribution is -2.40. The van der Waals surface area contributed by atoms with Crippen molar-refractivity contribution in [1.82, 2.24) is 4.90 Å². The van der Waals surface area contributed by atoms with Crippen molar-refractivity contribution in [1.29, 1.82) is 0 Å². The maximum absolute atomic E-state index is 6.49. The summed E-state index contributed by atoms with van der Waals surface area (Å²) in [6.07, 6.45) is 9.13. The number of rotatable bonds is 8. The maximum atomic E-state index is 6.49. The van der Waals surface area contributed by atoms with Gasteiger partial charge in [0.1, 0.15) is 0 Å². The molecule has 2 rings (SSSR count). The van der Waals surface area contributed by atoms with Crippen LogP contribution in [0.2, 0.25) is 0 Å². The number of ether oxygens (including phenoxy) is 2. The van der Waals surface area contributed by atoms with E-state index in [2.05, 4.69) is 59.9 Å². The Labute approximate surface area is 168 Å². The minimum absolute atomic E-state index is 0.246. The van der Waals surface area contributed by atoms with Crippen LogP contribution in [0.1, 0.15) is 87.0 Å². The van der Waals surface area contributed by atoms with Gasteiger partial charge in [0.05, 0.1) is 12.7 Å². The van der Waals surface area contributed by atoms with Crippen LogP contribution in [-0.2, 0) is 9.47 Å². The zero-order chi connectivity index (χ0) is 20.3. The van der Waals surface area contributed by atoms with E-state index in [1.165, 1.54) is 19.3 Å². The summed E-state index contributed by atoms with van der Waals surface area (Å²) in [5.74, 6) is 0.484. The lowest BCUT2D eigenvalue weighted by Gasteiger charge is -2.45. The van der Waals surface area contributed by atoms with Crippen molar-refractivity contribution in [2.75, 3.05) is 19.7 Å². The van der Waals surface area contributed by atoms with Crippen LogP contribution in [0.4, 0.5) is 0 Å². The summed E-state index contributed by atoms with van der Waals surface area (Å²) in [6.45, 7) is 23.1. The van der Waals surface area contributed by atoms with E-state index in [0.717, 1.165) is 44.9 Å². The Morgan fingerprint density at radius 2 is 1.78 bits per heavy atom. The first-order valence-corrected chi connectivity index (χ1v) is 11.1. The van der Waals surface area contributed by atoms with Crippen molar-refractivity contribution in [3.63, 3.8) is 0 Å². The van der Waals surface area contributed by atoms with Gasteiger partial charge in [-0.25, -0.2) is 0 Å². The molecule has 0 N–H and O–H groups in total. The van der Waals surface area contributed by atoms with Crippen LogP contribution in [0.5, 0.6) is 0 Å². The molecule has 3 nitrogen and oxygen atoms in total. The minimum Gasteiger partial charge on any atom is -0.347 e. The number of nitrogens with zero attached hydrogens (tertiary/aromatic N) is 1. The molecule has 1 unspecified atom stereocenters. The Morgan fingerprint density at radius 1 is 1.15 bits per heavy atom. The molecule has 1 spiro atoms. The molecule has 0 bridgehead atoms. The van der Waals surface area contributed by atoms with Crippen molar-refractivity contribution >= 4 is 0 Å². The molecule has 0 aromatic heterocycles. The highest BCUT2D eigenvalue weighted by Gasteiger charge is 2.47. The van der Waals surface area contributed by atoms with Gasteiger partial charge in [-0.15, -0.1) is 6.58 Å². The summed E-state index contributed by atoms with van der Waals surface area (Å²) in [4.78, 5) is 2.45. The Morgan fingerprint density at radius 3 is 2.30 bits per heavy atom. The van der Waals surface area contributed by atoms with Crippen LogP contribution in [0, 0.1) is 16.7 Å². The SMILES string of the molecule is C=CCN(CCC1COC2(CCC(C(C)(C)CC(C)(C)C)CC2)O1)C(C)C. The standard InChI is InChI=1S/C24H45NO2/c1-9-15-25(19(2)3)16-12-21-17-26-24(27-21)13-10-20(11-14-24)23(7,8)18-22(4,5)6/h9,19-21H,1,10-18H2,2-8H3. The van der Waals surface area contributed by atoms with E-state index >= 15 is 0 Å².